The van der Waals surface area contributed by atoms with Gasteiger partial charge in [-0.15, -0.1) is 0 Å². The minimum absolute atomic E-state index is 0.0963. The third-order valence-corrected chi connectivity index (χ3v) is 3.43. The van der Waals surface area contributed by atoms with E-state index in [1.165, 1.54) is 6.42 Å². The van der Waals surface area contributed by atoms with E-state index in [9.17, 15) is 4.79 Å². The van der Waals surface area contributed by atoms with Crippen LogP contribution in [0.5, 0.6) is 0 Å². The molecule has 0 radical (unpaired) electrons. The molecule has 0 atom stereocenters. The Morgan fingerprint density at radius 2 is 2.42 bits per heavy atom. The highest BCUT2D eigenvalue weighted by atomic mass is 16.5. The molecular weight excluding hydrogens is 246 g/mol. The summed E-state index contributed by atoms with van der Waals surface area (Å²) >= 11 is 0. The van der Waals surface area contributed by atoms with E-state index in [1.54, 1.807) is 13.0 Å². The van der Waals surface area contributed by atoms with E-state index in [2.05, 4.69) is 15.4 Å². The first-order valence-corrected chi connectivity index (χ1v) is 6.77. The summed E-state index contributed by atoms with van der Waals surface area (Å²) < 4.78 is 4.96. The zero-order valence-corrected chi connectivity index (χ0v) is 11.3. The number of nitrogens with one attached hydrogen (secondary N) is 1. The van der Waals surface area contributed by atoms with Gasteiger partial charge >= 0.3 is 0 Å². The lowest BCUT2D eigenvalue weighted by molar-refractivity contribution is -0.118. The highest BCUT2D eigenvalue weighted by Crippen LogP contribution is 2.24. The van der Waals surface area contributed by atoms with Crippen molar-refractivity contribution in [2.24, 2.45) is 0 Å². The van der Waals surface area contributed by atoms with E-state index in [0.29, 0.717) is 24.9 Å². The minimum atomic E-state index is -0.0963. The van der Waals surface area contributed by atoms with E-state index in [-0.39, 0.29) is 12.5 Å². The van der Waals surface area contributed by atoms with Crippen LogP contribution in [0.4, 0.5) is 5.88 Å². The molecule has 0 saturated heterocycles. The van der Waals surface area contributed by atoms with Crippen molar-refractivity contribution in [1.29, 1.82) is 0 Å². The molecule has 1 aliphatic rings. The maximum absolute atomic E-state index is 11.9. The van der Waals surface area contributed by atoms with E-state index in [1.807, 2.05) is 0 Å². The molecule has 1 fully saturated rings. The van der Waals surface area contributed by atoms with Gasteiger partial charge in [-0.2, -0.15) is 0 Å². The molecule has 1 saturated carbocycles. The van der Waals surface area contributed by atoms with Crippen LogP contribution in [0, 0.1) is 6.92 Å². The number of aliphatic hydroxyl groups excluding tert-OH is 1. The lowest BCUT2D eigenvalue weighted by Gasteiger charge is -2.36. The average molecular weight is 267 g/mol. The number of anilines is 1. The maximum atomic E-state index is 11.9. The molecule has 0 aliphatic heterocycles. The lowest BCUT2D eigenvalue weighted by atomic mass is 9.91. The fourth-order valence-corrected chi connectivity index (χ4v) is 2.20. The summed E-state index contributed by atoms with van der Waals surface area (Å²) in [6, 6.07) is 2.17. The molecule has 6 heteroatoms. The number of nitrogens with zero attached hydrogens (tertiary/aromatic N) is 2. The highest BCUT2D eigenvalue weighted by Gasteiger charge is 2.26. The maximum Gasteiger partial charge on any atom is 0.240 e. The van der Waals surface area contributed by atoms with Crippen molar-refractivity contribution in [3.63, 3.8) is 0 Å². The number of aryl methyl sites for hydroxylation is 1. The summed E-state index contributed by atoms with van der Waals surface area (Å²) in [5.41, 5.74) is 0.742. The third kappa shape index (κ3) is 4.04. The molecule has 2 rings (SSSR count). The molecule has 1 aliphatic carbocycles. The first-order chi connectivity index (χ1) is 9.19. The molecule has 0 spiro atoms. The Labute approximate surface area is 112 Å². The van der Waals surface area contributed by atoms with Crippen LogP contribution in [-0.2, 0) is 4.79 Å². The number of carbonyl (C=O) groups is 1. The second-order valence-corrected chi connectivity index (χ2v) is 5.01. The summed E-state index contributed by atoms with van der Waals surface area (Å²) in [4.78, 5) is 14.1. The Bertz CT molecular complexity index is 415. The van der Waals surface area contributed by atoms with Gasteiger partial charge in [0.15, 0.2) is 0 Å². The van der Waals surface area contributed by atoms with Crippen LogP contribution in [-0.4, -0.2) is 46.8 Å². The Balaban J connectivity index is 1.83. The van der Waals surface area contributed by atoms with Crippen LogP contribution in [0.2, 0.25) is 0 Å². The number of amides is 1. The van der Waals surface area contributed by atoms with Crippen LogP contribution in [0.1, 0.15) is 31.4 Å². The molecule has 19 heavy (non-hydrogen) atoms. The number of carbonyl (C=O) groups excluding carboxylic acids is 1. The molecule has 1 heterocycles. The predicted molar refractivity (Wildman–Crippen MR) is 70.8 cm³/mol. The number of aliphatic hydroxyl groups is 1. The monoisotopic (exact) mass is 267 g/mol. The van der Waals surface area contributed by atoms with Crippen molar-refractivity contribution >= 4 is 11.8 Å². The van der Waals surface area contributed by atoms with Crippen molar-refractivity contribution in [3.05, 3.63) is 11.8 Å². The van der Waals surface area contributed by atoms with Gasteiger partial charge < -0.3 is 9.63 Å². The van der Waals surface area contributed by atoms with Crippen LogP contribution in [0.3, 0.4) is 0 Å². The SMILES string of the molecule is Cc1cc(NC(=O)CN(CCCO)C2CCC2)on1. The number of rotatable bonds is 7. The third-order valence-electron chi connectivity index (χ3n) is 3.43. The van der Waals surface area contributed by atoms with E-state index in [0.717, 1.165) is 25.1 Å². The van der Waals surface area contributed by atoms with Gasteiger partial charge in [0, 0.05) is 25.3 Å². The Morgan fingerprint density at radius 3 is 2.95 bits per heavy atom. The van der Waals surface area contributed by atoms with E-state index >= 15 is 0 Å². The Hall–Kier alpha value is -1.40. The van der Waals surface area contributed by atoms with Crippen LogP contribution in [0.25, 0.3) is 0 Å². The first kappa shape index (κ1) is 14.0. The van der Waals surface area contributed by atoms with Gasteiger partial charge in [0.05, 0.1) is 12.2 Å². The fraction of sp³-hybridized carbons (Fsp3) is 0.692. The molecule has 1 amide bonds. The molecule has 0 aromatic carbocycles. The van der Waals surface area contributed by atoms with Crippen molar-refractivity contribution in [3.8, 4) is 0 Å². The molecule has 2 N–H and O–H groups in total. The van der Waals surface area contributed by atoms with Crippen molar-refractivity contribution in [2.75, 3.05) is 25.0 Å². The molecule has 1 aromatic heterocycles. The van der Waals surface area contributed by atoms with Crippen molar-refractivity contribution < 1.29 is 14.4 Å². The van der Waals surface area contributed by atoms with Crippen molar-refractivity contribution in [1.82, 2.24) is 10.1 Å². The first-order valence-electron chi connectivity index (χ1n) is 6.77. The van der Waals surface area contributed by atoms with Gasteiger partial charge in [0.25, 0.3) is 0 Å². The van der Waals surface area contributed by atoms with Gasteiger partial charge in [-0.1, -0.05) is 11.6 Å². The summed E-state index contributed by atoms with van der Waals surface area (Å²) in [6.45, 7) is 3.06. The average Bonchev–Trinajstić information content (AvgIpc) is 2.69. The number of aromatic nitrogens is 1. The van der Waals surface area contributed by atoms with Gasteiger partial charge in [0.1, 0.15) is 0 Å². The largest absolute Gasteiger partial charge is 0.396 e. The second-order valence-electron chi connectivity index (χ2n) is 5.01. The summed E-state index contributed by atoms with van der Waals surface area (Å²) in [5.74, 6) is 0.291. The van der Waals surface area contributed by atoms with Crippen LogP contribution in [0.15, 0.2) is 10.6 Å². The van der Waals surface area contributed by atoms with Gasteiger partial charge in [-0.3, -0.25) is 15.0 Å². The molecule has 6 nitrogen and oxygen atoms in total. The Morgan fingerprint density at radius 1 is 1.63 bits per heavy atom. The zero-order valence-electron chi connectivity index (χ0n) is 11.3. The van der Waals surface area contributed by atoms with Gasteiger partial charge in [0.2, 0.25) is 11.8 Å². The zero-order chi connectivity index (χ0) is 13.7. The topological polar surface area (TPSA) is 78.6 Å². The van der Waals surface area contributed by atoms with Crippen molar-refractivity contribution in [2.45, 2.75) is 38.6 Å². The molecule has 0 bridgehead atoms. The number of hydrogen-bond acceptors (Lipinski definition) is 5. The highest BCUT2D eigenvalue weighted by molar-refractivity contribution is 5.91. The summed E-state index contributed by atoms with van der Waals surface area (Å²) in [5, 5.41) is 15.3. The molecule has 0 unspecified atom stereocenters. The fourth-order valence-electron chi connectivity index (χ4n) is 2.20. The minimum Gasteiger partial charge on any atom is -0.396 e. The smallest absolute Gasteiger partial charge is 0.240 e. The van der Waals surface area contributed by atoms with E-state index < -0.39 is 0 Å². The van der Waals surface area contributed by atoms with Crippen LogP contribution < -0.4 is 5.32 Å². The Kier molecular flexibility index (Phi) is 4.93. The second kappa shape index (κ2) is 6.68. The summed E-state index contributed by atoms with van der Waals surface area (Å²) in [7, 11) is 0. The van der Waals surface area contributed by atoms with E-state index in [4.69, 9.17) is 9.63 Å². The molecular formula is C13H21N3O3. The number of hydrogen-bond donors (Lipinski definition) is 2. The van der Waals surface area contributed by atoms with Gasteiger partial charge in [-0.05, 0) is 26.2 Å². The predicted octanol–water partition coefficient (Wildman–Crippen LogP) is 1.16. The lowest BCUT2D eigenvalue weighted by Crippen LogP contribution is -2.45. The summed E-state index contributed by atoms with van der Waals surface area (Å²) in [6.07, 6.45) is 4.20. The quantitative estimate of drug-likeness (QED) is 0.775. The van der Waals surface area contributed by atoms with Gasteiger partial charge in [-0.25, -0.2) is 0 Å². The molecule has 1 aromatic rings. The molecule has 106 valence electrons. The normalized spacial score (nSPS) is 15.5. The van der Waals surface area contributed by atoms with Crippen LogP contribution >= 0.6 is 0 Å². The standard InChI is InChI=1S/C13H21N3O3/c1-10-8-13(19-15-10)14-12(18)9-16(6-3-7-17)11-4-2-5-11/h8,11,17H,2-7,9H2,1H3,(H,14,18).